The third-order valence-electron chi connectivity index (χ3n) is 7.42. The number of hydrogen-bond acceptors (Lipinski definition) is 2. The molecule has 0 fully saturated rings. The van der Waals surface area contributed by atoms with Crippen molar-refractivity contribution < 1.29 is 19.4 Å². The summed E-state index contributed by atoms with van der Waals surface area (Å²) in [6, 6.07) is 17.2. The SMILES string of the molecule is CC1(C)CCC(C)(C)c2c(CCc3ccc(F)cc3)cc(C(O)C#Cc3ccc(C(=O)O)cc3)cc21. The molecule has 186 valence electrons. The van der Waals surface area contributed by atoms with Crippen LogP contribution >= 0.6 is 0 Å². The van der Waals surface area contributed by atoms with Crippen molar-refractivity contribution in [2.45, 2.75) is 70.3 Å². The highest BCUT2D eigenvalue weighted by Gasteiger charge is 2.39. The molecule has 1 unspecified atom stereocenters. The summed E-state index contributed by atoms with van der Waals surface area (Å²) in [4.78, 5) is 11.1. The van der Waals surface area contributed by atoms with Crippen molar-refractivity contribution in [3.05, 3.63) is 105 Å². The van der Waals surface area contributed by atoms with E-state index < -0.39 is 12.1 Å². The van der Waals surface area contributed by atoms with Crippen molar-refractivity contribution in [1.29, 1.82) is 0 Å². The van der Waals surface area contributed by atoms with Crippen LogP contribution in [0.15, 0.2) is 60.7 Å². The van der Waals surface area contributed by atoms with E-state index in [1.165, 1.54) is 41.0 Å². The van der Waals surface area contributed by atoms with Crippen LogP contribution in [0.5, 0.6) is 0 Å². The molecule has 0 spiro atoms. The molecule has 1 atom stereocenters. The van der Waals surface area contributed by atoms with E-state index in [2.05, 4.69) is 51.7 Å². The van der Waals surface area contributed by atoms with Gasteiger partial charge in [-0.1, -0.05) is 63.8 Å². The molecule has 4 rings (SSSR count). The van der Waals surface area contributed by atoms with Gasteiger partial charge in [0.2, 0.25) is 0 Å². The van der Waals surface area contributed by atoms with E-state index in [0.717, 1.165) is 36.8 Å². The average molecular weight is 485 g/mol. The number of halogens is 1. The number of aromatic carboxylic acids is 1. The Morgan fingerprint density at radius 2 is 1.58 bits per heavy atom. The Balaban J connectivity index is 1.71. The first-order chi connectivity index (χ1) is 17.0. The first-order valence-electron chi connectivity index (χ1n) is 12.4. The van der Waals surface area contributed by atoms with Crippen LogP contribution in [0.3, 0.4) is 0 Å². The minimum atomic E-state index is -0.984. The van der Waals surface area contributed by atoms with E-state index in [4.69, 9.17) is 5.11 Å². The second kappa shape index (κ2) is 9.91. The summed E-state index contributed by atoms with van der Waals surface area (Å²) in [5.41, 5.74) is 6.51. The zero-order chi connectivity index (χ0) is 26.1. The maximum Gasteiger partial charge on any atom is 0.335 e. The molecule has 0 amide bonds. The van der Waals surface area contributed by atoms with Crippen LogP contribution in [0.4, 0.5) is 4.39 Å². The number of aliphatic hydroxyl groups excluding tert-OH is 1. The van der Waals surface area contributed by atoms with Crippen LogP contribution in [0.1, 0.15) is 90.4 Å². The normalized spacial score (nSPS) is 16.4. The van der Waals surface area contributed by atoms with Crippen LogP contribution < -0.4 is 0 Å². The Hall–Kier alpha value is -3.42. The van der Waals surface area contributed by atoms with Gasteiger partial charge in [0.25, 0.3) is 0 Å². The van der Waals surface area contributed by atoms with Gasteiger partial charge in [-0.2, -0.15) is 0 Å². The van der Waals surface area contributed by atoms with Crippen molar-refractivity contribution in [3.63, 3.8) is 0 Å². The molecule has 4 heteroatoms. The van der Waals surface area contributed by atoms with Gasteiger partial charge in [-0.05, 0) is 101 Å². The Bertz CT molecular complexity index is 1320. The van der Waals surface area contributed by atoms with Crippen molar-refractivity contribution >= 4 is 5.97 Å². The van der Waals surface area contributed by atoms with Gasteiger partial charge in [0.05, 0.1) is 5.56 Å². The lowest BCUT2D eigenvalue weighted by Crippen LogP contribution is -2.35. The Labute approximate surface area is 213 Å². The van der Waals surface area contributed by atoms with E-state index in [9.17, 15) is 14.3 Å². The lowest BCUT2D eigenvalue weighted by atomic mass is 9.61. The molecule has 36 heavy (non-hydrogen) atoms. The summed E-state index contributed by atoms with van der Waals surface area (Å²) in [5, 5.41) is 20.1. The number of carbonyl (C=O) groups is 1. The number of aryl methyl sites for hydroxylation is 2. The summed E-state index contributed by atoms with van der Waals surface area (Å²) < 4.78 is 13.4. The topological polar surface area (TPSA) is 57.5 Å². The molecule has 2 N–H and O–H groups in total. The molecule has 0 saturated carbocycles. The first kappa shape index (κ1) is 25.7. The number of benzene rings is 3. The van der Waals surface area contributed by atoms with Gasteiger partial charge in [0.1, 0.15) is 11.9 Å². The van der Waals surface area contributed by atoms with Crippen molar-refractivity contribution in [2.24, 2.45) is 0 Å². The maximum absolute atomic E-state index is 13.4. The monoisotopic (exact) mass is 484 g/mol. The molecular weight excluding hydrogens is 451 g/mol. The van der Waals surface area contributed by atoms with Crippen LogP contribution in [0.2, 0.25) is 0 Å². The summed E-state index contributed by atoms with van der Waals surface area (Å²) in [5.74, 6) is 4.70. The van der Waals surface area contributed by atoms with Gasteiger partial charge in [-0.25, -0.2) is 9.18 Å². The van der Waals surface area contributed by atoms with Gasteiger partial charge in [-0.3, -0.25) is 0 Å². The molecule has 0 bridgehead atoms. The fourth-order valence-corrected chi connectivity index (χ4v) is 5.16. The van der Waals surface area contributed by atoms with Gasteiger partial charge in [0, 0.05) is 5.56 Å². The third-order valence-corrected chi connectivity index (χ3v) is 7.42. The number of rotatable bonds is 5. The Morgan fingerprint density at radius 3 is 2.22 bits per heavy atom. The van der Waals surface area contributed by atoms with Crippen LogP contribution in [-0.2, 0) is 23.7 Å². The van der Waals surface area contributed by atoms with Crippen molar-refractivity contribution in [3.8, 4) is 11.8 Å². The molecule has 0 saturated heterocycles. The lowest BCUT2D eigenvalue weighted by Gasteiger charge is -2.43. The van der Waals surface area contributed by atoms with Gasteiger partial charge >= 0.3 is 5.97 Å². The van der Waals surface area contributed by atoms with Gasteiger partial charge in [-0.15, -0.1) is 0 Å². The highest BCUT2D eigenvalue weighted by Crippen LogP contribution is 2.48. The van der Waals surface area contributed by atoms with Gasteiger partial charge < -0.3 is 10.2 Å². The minimum Gasteiger partial charge on any atom is -0.478 e. The summed E-state index contributed by atoms with van der Waals surface area (Å²) in [7, 11) is 0. The van der Waals surface area contributed by atoms with Crippen LogP contribution in [0.25, 0.3) is 0 Å². The summed E-state index contributed by atoms with van der Waals surface area (Å²) in [6.45, 7) is 9.10. The second-order valence-electron chi connectivity index (χ2n) is 11.1. The number of hydrogen-bond donors (Lipinski definition) is 2. The molecule has 1 aliphatic carbocycles. The molecular formula is C32H33FO3. The first-order valence-corrected chi connectivity index (χ1v) is 12.4. The van der Waals surface area contributed by atoms with Gasteiger partial charge in [0.15, 0.2) is 0 Å². The number of fused-ring (bicyclic) bond motifs is 1. The smallest absolute Gasteiger partial charge is 0.335 e. The standard InChI is InChI=1S/C32H33FO3/c1-31(2)17-18-32(3,4)29-24(13-7-22-8-14-26(33)15-9-22)19-25(20-27(29)31)28(34)16-10-21-5-11-23(12-6-21)30(35)36/h5-6,8-9,11-12,14-15,19-20,28,34H,7,13,17-18H2,1-4H3,(H,35,36). The van der Waals surface area contributed by atoms with E-state index in [1.54, 1.807) is 12.1 Å². The molecule has 3 aromatic carbocycles. The van der Waals surface area contributed by atoms with E-state index >= 15 is 0 Å². The number of aliphatic hydroxyl groups is 1. The summed E-state index contributed by atoms with van der Waals surface area (Å²) >= 11 is 0. The molecule has 0 aliphatic heterocycles. The van der Waals surface area contributed by atoms with Crippen LogP contribution in [-0.4, -0.2) is 16.2 Å². The third kappa shape index (κ3) is 5.53. The minimum absolute atomic E-state index is 0.0179. The second-order valence-corrected chi connectivity index (χ2v) is 11.1. The quantitative estimate of drug-likeness (QED) is 0.394. The number of carboxylic acid groups (broad SMARTS) is 1. The molecule has 3 nitrogen and oxygen atoms in total. The largest absolute Gasteiger partial charge is 0.478 e. The lowest BCUT2D eigenvalue weighted by molar-refractivity contribution is 0.0697. The highest BCUT2D eigenvalue weighted by molar-refractivity contribution is 5.87. The van der Waals surface area contributed by atoms with E-state index in [-0.39, 0.29) is 22.2 Å². The molecule has 0 radical (unpaired) electrons. The molecule has 0 aromatic heterocycles. The highest BCUT2D eigenvalue weighted by atomic mass is 19.1. The maximum atomic E-state index is 13.4. The fourth-order valence-electron chi connectivity index (χ4n) is 5.16. The van der Waals surface area contributed by atoms with E-state index in [0.29, 0.717) is 5.56 Å². The predicted octanol–water partition coefficient (Wildman–Crippen LogP) is 6.74. The zero-order valence-corrected chi connectivity index (χ0v) is 21.4. The zero-order valence-electron chi connectivity index (χ0n) is 21.4. The molecule has 1 aliphatic rings. The summed E-state index contributed by atoms with van der Waals surface area (Å²) in [6.07, 6.45) is 2.75. The van der Waals surface area contributed by atoms with Crippen molar-refractivity contribution in [1.82, 2.24) is 0 Å². The number of carboxylic acids is 1. The fraction of sp³-hybridized carbons (Fsp3) is 0.344. The van der Waals surface area contributed by atoms with Crippen LogP contribution in [0, 0.1) is 17.7 Å². The molecule has 0 heterocycles. The Kier molecular flexibility index (Phi) is 7.07. The average Bonchev–Trinajstić information content (AvgIpc) is 2.85. The molecule has 3 aromatic rings. The van der Waals surface area contributed by atoms with E-state index in [1.807, 2.05) is 12.1 Å². The predicted molar refractivity (Wildman–Crippen MR) is 141 cm³/mol. The van der Waals surface area contributed by atoms with Crippen molar-refractivity contribution in [2.75, 3.05) is 0 Å². The Morgan fingerprint density at radius 1 is 0.944 bits per heavy atom.